The normalized spacial score (nSPS) is 13.0. The van der Waals surface area contributed by atoms with E-state index in [0.717, 1.165) is 58.7 Å². The largest absolute Gasteiger partial charge is 0.338 e. The summed E-state index contributed by atoms with van der Waals surface area (Å²) < 4.78 is 0. The molecular formula is C23H19N5OS2. The summed E-state index contributed by atoms with van der Waals surface area (Å²) in [5.41, 5.74) is 4.47. The van der Waals surface area contributed by atoms with Crippen LogP contribution in [0.5, 0.6) is 0 Å². The van der Waals surface area contributed by atoms with Gasteiger partial charge in [0.25, 0.3) is 0 Å². The van der Waals surface area contributed by atoms with Crippen molar-refractivity contribution >= 4 is 45.0 Å². The molecule has 154 valence electrons. The smallest absolute Gasteiger partial charge is 0.235 e. The molecule has 6 nitrogen and oxygen atoms in total. The number of carbonyl (C=O) groups is 1. The molecule has 4 aromatic rings. The fourth-order valence-electron chi connectivity index (χ4n) is 3.84. The molecule has 1 aliphatic carbocycles. The van der Waals surface area contributed by atoms with Crippen LogP contribution in [0.2, 0.25) is 0 Å². The Bertz CT molecular complexity index is 1280. The molecule has 1 amide bonds. The zero-order valence-electron chi connectivity index (χ0n) is 16.6. The second-order valence-electron chi connectivity index (χ2n) is 7.32. The highest BCUT2D eigenvalue weighted by Crippen LogP contribution is 2.38. The van der Waals surface area contributed by atoms with E-state index < -0.39 is 0 Å². The number of nitriles is 1. The van der Waals surface area contributed by atoms with E-state index in [1.54, 1.807) is 17.5 Å². The predicted molar refractivity (Wildman–Crippen MR) is 124 cm³/mol. The summed E-state index contributed by atoms with van der Waals surface area (Å²) in [6.07, 6.45) is 5.88. The Morgan fingerprint density at radius 1 is 1.23 bits per heavy atom. The van der Waals surface area contributed by atoms with Crippen molar-refractivity contribution in [1.82, 2.24) is 15.0 Å². The van der Waals surface area contributed by atoms with Gasteiger partial charge in [-0.15, -0.1) is 11.3 Å². The number of imidazole rings is 1. The van der Waals surface area contributed by atoms with Crippen molar-refractivity contribution in [3.05, 3.63) is 58.6 Å². The molecule has 1 aromatic carbocycles. The number of aryl methyl sites for hydroxylation is 1. The van der Waals surface area contributed by atoms with Crippen molar-refractivity contribution in [2.75, 3.05) is 11.1 Å². The third kappa shape index (κ3) is 3.94. The number of aromatic amines is 1. The predicted octanol–water partition coefficient (Wildman–Crippen LogP) is 5.17. The van der Waals surface area contributed by atoms with Crippen molar-refractivity contribution in [2.45, 2.75) is 30.7 Å². The number of anilines is 1. The van der Waals surface area contributed by atoms with Crippen LogP contribution in [0.15, 0.2) is 47.6 Å². The number of hydrogen-bond donors (Lipinski definition) is 2. The number of thioether (sulfide) groups is 1. The van der Waals surface area contributed by atoms with Gasteiger partial charge in [0.15, 0.2) is 0 Å². The molecule has 0 fully saturated rings. The first kappa shape index (κ1) is 19.8. The van der Waals surface area contributed by atoms with Gasteiger partial charge in [0, 0.05) is 16.6 Å². The number of nitrogens with one attached hydrogen (secondary N) is 2. The van der Waals surface area contributed by atoms with Gasteiger partial charge in [-0.3, -0.25) is 4.79 Å². The Hall–Kier alpha value is -3.15. The fourth-order valence-corrected chi connectivity index (χ4v) is 5.89. The SMILES string of the molecule is N#Cc1c(NC(=O)CSc2ncccc2-c2nc3ccccc3[nH]2)sc2c1CCCC2. The number of rotatable bonds is 5. The van der Waals surface area contributed by atoms with Crippen LogP contribution in [-0.2, 0) is 17.6 Å². The van der Waals surface area contributed by atoms with E-state index in [4.69, 9.17) is 0 Å². The number of amides is 1. The second kappa shape index (κ2) is 8.53. The third-order valence-electron chi connectivity index (χ3n) is 5.29. The molecule has 0 atom stereocenters. The van der Waals surface area contributed by atoms with E-state index in [1.807, 2.05) is 36.4 Å². The summed E-state index contributed by atoms with van der Waals surface area (Å²) in [5.74, 6) is 0.800. The molecular weight excluding hydrogens is 426 g/mol. The van der Waals surface area contributed by atoms with E-state index in [0.29, 0.717) is 10.6 Å². The van der Waals surface area contributed by atoms with E-state index in [2.05, 4.69) is 26.3 Å². The van der Waals surface area contributed by atoms with Gasteiger partial charge in [-0.1, -0.05) is 23.9 Å². The monoisotopic (exact) mass is 445 g/mol. The van der Waals surface area contributed by atoms with Crippen LogP contribution in [0.3, 0.4) is 0 Å². The van der Waals surface area contributed by atoms with Gasteiger partial charge in [0.05, 0.1) is 22.3 Å². The molecule has 3 heterocycles. The Morgan fingerprint density at radius 2 is 2.10 bits per heavy atom. The standard InChI is InChI=1S/C23H19N5OS2/c24-12-16-14-6-1-4-10-19(14)31-23(16)28-20(29)13-30-22-15(7-5-11-25-22)21-26-17-8-2-3-9-18(17)27-21/h2-3,5,7-9,11H,1,4,6,10,13H2,(H,26,27)(H,28,29). The number of thiophene rings is 1. The molecule has 0 bridgehead atoms. The molecule has 0 saturated heterocycles. The molecule has 0 unspecified atom stereocenters. The molecule has 2 N–H and O–H groups in total. The number of pyridine rings is 1. The topological polar surface area (TPSA) is 94.5 Å². The average Bonchev–Trinajstić information content (AvgIpc) is 3.38. The zero-order valence-corrected chi connectivity index (χ0v) is 18.3. The minimum Gasteiger partial charge on any atom is -0.338 e. The Kier molecular flexibility index (Phi) is 5.45. The first-order valence-electron chi connectivity index (χ1n) is 10.1. The summed E-state index contributed by atoms with van der Waals surface area (Å²) >= 11 is 2.91. The van der Waals surface area contributed by atoms with E-state index >= 15 is 0 Å². The Morgan fingerprint density at radius 3 is 2.97 bits per heavy atom. The summed E-state index contributed by atoms with van der Waals surface area (Å²) in [6.45, 7) is 0. The molecule has 0 saturated carbocycles. The van der Waals surface area contributed by atoms with Crippen LogP contribution in [0.4, 0.5) is 5.00 Å². The number of benzene rings is 1. The molecule has 0 radical (unpaired) electrons. The maximum Gasteiger partial charge on any atom is 0.235 e. The maximum atomic E-state index is 12.7. The van der Waals surface area contributed by atoms with Crippen LogP contribution < -0.4 is 5.32 Å². The first-order chi connectivity index (χ1) is 15.2. The van der Waals surface area contributed by atoms with Crippen LogP contribution >= 0.6 is 23.1 Å². The van der Waals surface area contributed by atoms with Gasteiger partial charge in [-0.2, -0.15) is 5.26 Å². The number of hydrogen-bond acceptors (Lipinski definition) is 6. The molecule has 1 aliphatic rings. The number of nitrogens with zero attached hydrogens (tertiary/aromatic N) is 3. The van der Waals surface area contributed by atoms with Crippen LogP contribution in [0.25, 0.3) is 22.4 Å². The van der Waals surface area contributed by atoms with Crippen molar-refractivity contribution in [3.63, 3.8) is 0 Å². The molecule has 3 aromatic heterocycles. The fraction of sp³-hybridized carbons (Fsp3) is 0.217. The van der Waals surface area contributed by atoms with Crippen LogP contribution in [0.1, 0.15) is 28.8 Å². The molecule has 0 spiro atoms. The van der Waals surface area contributed by atoms with E-state index in [1.165, 1.54) is 16.6 Å². The highest BCUT2D eigenvalue weighted by atomic mass is 32.2. The zero-order chi connectivity index (χ0) is 21.2. The first-order valence-corrected chi connectivity index (χ1v) is 11.9. The lowest BCUT2D eigenvalue weighted by molar-refractivity contribution is -0.113. The number of carbonyl (C=O) groups excluding carboxylic acids is 1. The van der Waals surface area contributed by atoms with Crippen molar-refractivity contribution in [2.24, 2.45) is 0 Å². The number of fused-ring (bicyclic) bond motifs is 2. The second-order valence-corrected chi connectivity index (χ2v) is 9.39. The van der Waals surface area contributed by atoms with Crippen molar-refractivity contribution < 1.29 is 4.79 Å². The maximum absolute atomic E-state index is 12.7. The summed E-state index contributed by atoms with van der Waals surface area (Å²) in [5, 5.41) is 14.0. The number of para-hydroxylation sites is 2. The summed E-state index contributed by atoms with van der Waals surface area (Å²) in [4.78, 5) is 26.4. The highest BCUT2D eigenvalue weighted by molar-refractivity contribution is 8.00. The lowest BCUT2D eigenvalue weighted by Gasteiger charge is -2.09. The minimum atomic E-state index is -0.138. The van der Waals surface area contributed by atoms with Gasteiger partial charge in [0.1, 0.15) is 21.9 Å². The third-order valence-corrected chi connectivity index (χ3v) is 7.50. The summed E-state index contributed by atoms with van der Waals surface area (Å²) in [6, 6.07) is 14.0. The molecule has 0 aliphatic heterocycles. The lowest BCUT2D eigenvalue weighted by atomic mass is 9.96. The van der Waals surface area contributed by atoms with E-state index in [9.17, 15) is 10.1 Å². The van der Waals surface area contributed by atoms with Crippen molar-refractivity contribution in [1.29, 1.82) is 5.26 Å². The van der Waals surface area contributed by atoms with Gasteiger partial charge in [-0.05, 0) is 55.5 Å². The molecule has 31 heavy (non-hydrogen) atoms. The highest BCUT2D eigenvalue weighted by Gasteiger charge is 2.22. The molecule has 5 rings (SSSR count). The summed E-state index contributed by atoms with van der Waals surface area (Å²) in [7, 11) is 0. The van der Waals surface area contributed by atoms with Gasteiger partial charge >= 0.3 is 0 Å². The Balaban J connectivity index is 1.32. The lowest BCUT2D eigenvalue weighted by Crippen LogP contribution is -2.14. The minimum absolute atomic E-state index is 0.138. The number of H-pyrrole nitrogens is 1. The Labute approximate surface area is 187 Å². The number of aromatic nitrogens is 3. The average molecular weight is 446 g/mol. The molecule has 8 heteroatoms. The van der Waals surface area contributed by atoms with Gasteiger partial charge in [-0.25, -0.2) is 9.97 Å². The van der Waals surface area contributed by atoms with Crippen LogP contribution in [0, 0.1) is 11.3 Å². The van der Waals surface area contributed by atoms with Crippen LogP contribution in [-0.4, -0.2) is 26.6 Å². The van der Waals surface area contributed by atoms with Gasteiger partial charge in [0.2, 0.25) is 5.91 Å². The quantitative estimate of drug-likeness (QED) is 0.413. The van der Waals surface area contributed by atoms with Crippen molar-refractivity contribution in [3.8, 4) is 17.5 Å². The van der Waals surface area contributed by atoms with Gasteiger partial charge < -0.3 is 10.3 Å². The van der Waals surface area contributed by atoms with E-state index in [-0.39, 0.29) is 11.7 Å².